The van der Waals surface area contributed by atoms with Gasteiger partial charge >= 0.3 is 0 Å². The summed E-state index contributed by atoms with van der Waals surface area (Å²) < 4.78 is 14.7. The van der Waals surface area contributed by atoms with E-state index in [-0.39, 0.29) is 11.3 Å². The predicted octanol–water partition coefficient (Wildman–Crippen LogP) is 5.21. The summed E-state index contributed by atoms with van der Waals surface area (Å²) in [6, 6.07) is 20.1. The molecular formula is C23H15BrFNO3. The number of amides is 1. The molecule has 1 atom stereocenters. The maximum atomic E-state index is 14.0. The molecule has 1 saturated heterocycles. The summed E-state index contributed by atoms with van der Waals surface area (Å²) in [5.74, 6) is -2.40. The smallest absolute Gasteiger partial charge is 0.300 e. The number of aliphatic hydroxyl groups excluding tert-OH is 1. The molecule has 1 amide bonds. The molecule has 0 spiro atoms. The summed E-state index contributed by atoms with van der Waals surface area (Å²) in [6.07, 6.45) is 0. The molecule has 1 N–H and O–H groups in total. The fourth-order valence-corrected chi connectivity index (χ4v) is 3.86. The Bertz CT molecular complexity index is 1140. The summed E-state index contributed by atoms with van der Waals surface area (Å²) in [7, 11) is 0. The van der Waals surface area contributed by atoms with Gasteiger partial charge in [-0.1, -0.05) is 64.5 Å². The predicted molar refractivity (Wildman–Crippen MR) is 112 cm³/mol. The van der Waals surface area contributed by atoms with Crippen molar-refractivity contribution in [3.63, 3.8) is 0 Å². The number of carbonyl (C=O) groups is 2. The van der Waals surface area contributed by atoms with E-state index in [1.165, 1.54) is 23.1 Å². The molecule has 0 radical (unpaired) electrons. The zero-order chi connectivity index (χ0) is 20.5. The molecule has 0 aromatic heterocycles. The molecule has 0 saturated carbocycles. The SMILES string of the molecule is O=C1C(=O)N(c2cccc(Br)c2)C(c2cccc(F)c2)/C1=C(\O)c1ccccc1. The Morgan fingerprint density at radius 3 is 2.34 bits per heavy atom. The van der Waals surface area contributed by atoms with E-state index in [0.29, 0.717) is 16.8 Å². The summed E-state index contributed by atoms with van der Waals surface area (Å²) in [5.41, 5.74) is 1.18. The van der Waals surface area contributed by atoms with Crippen LogP contribution < -0.4 is 4.90 Å². The third-order valence-electron chi connectivity index (χ3n) is 4.74. The Morgan fingerprint density at radius 1 is 0.931 bits per heavy atom. The maximum Gasteiger partial charge on any atom is 0.300 e. The minimum atomic E-state index is -0.958. The molecule has 1 fully saturated rings. The van der Waals surface area contributed by atoms with Crippen LogP contribution in [0, 0.1) is 5.82 Å². The number of carbonyl (C=O) groups excluding carboxylic acids is 2. The first-order valence-electron chi connectivity index (χ1n) is 8.85. The van der Waals surface area contributed by atoms with Gasteiger partial charge in [-0.05, 0) is 35.9 Å². The van der Waals surface area contributed by atoms with Crippen molar-refractivity contribution in [3.8, 4) is 0 Å². The summed E-state index contributed by atoms with van der Waals surface area (Å²) in [4.78, 5) is 27.2. The Balaban J connectivity index is 1.97. The van der Waals surface area contributed by atoms with Crippen LogP contribution in [0.1, 0.15) is 17.2 Å². The lowest BCUT2D eigenvalue weighted by Gasteiger charge is -2.25. The highest BCUT2D eigenvalue weighted by Crippen LogP contribution is 2.42. The van der Waals surface area contributed by atoms with Crippen molar-refractivity contribution in [3.05, 3.63) is 106 Å². The second-order valence-corrected chi connectivity index (χ2v) is 7.49. The van der Waals surface area contributed by atoms with Crippen LogP contribution in [0.25, 0.3) is 5.76 Å². The number of anilines is 1. The Labute approximate surface area is 175 Å². The van der Waals surface area contributed by atoms with E-state index in [1.807, 2.05) is 0 Å². The molecule has 1 aliphatic heterocycles. The third kappa shape index (κ3) is 3.47. The first kappa shape index (κ1) is 19.1. The first-order valence-corrected chi connectivity index (χ1v) is 9.64. The molecule has 144 valence electrons. The molecule has 3 aromatic carbocycles. The molecule has 29 heavy (non-hydrogen) atoms. The van der Waals surface area contributed by atoms with Gasteiger partial charge in [0.15, 0.2) is 0 Å². The second kappa shape index (κ2) is 7.64. The van der Waals surface area contributed by atoms with Crippen LogP contribution in [-0.4, -0.2) is 16.8 Å². The van der Waals surface area contributed by atoms with Crippen LogP contribution in [0.2, 0.25) is 0 Å². The van der Waals surface area contributed by atoms with Crippen molar-refractivity contribution in [2.75, 3.05) is 4.90 Å². The second-order valence-electron chi connectivity index (χ2n) is 6.57. The molecule has 3 aromatic rings. The number of rotatable bonds is 3. The van der Waals surface area contributed by atoms with Gasteiger partial charge in [0.05, 0.1) is 11.6 Å². The van der Waals surface area contributed by atoms with Crippen molar-refractivity contribution >= 4 is 39.1 Å². The standard InChI is InChI=1S/C23H15BrFNO3/c24-16-9-5-11-18(13-16)26-20(15-8-4-10-17(25)12-15)19(22(28)23(26)29)21(27)14-6-2-1-3-7-14/h1-13,20,27H/b21-19+. The molecule has 6 heteroatoms. The van der Waals surface area contributed by atoms with E-state index in [4.69, 9.17) is 0 Å². The molecule has 4 rings (SSSR count). The van der Waals surface area contributed by atoms with Gasteiger partial charge in [0.25, 0.3) is 11.7 Å². The van der Waals surface area contributed by atoms with Crippen LogP contribution in [0.4, 0.5) is 10.1 Å². The van der Waals surface area contributed by atoms with E-state index in [1.54, 1.807) is 60.7 Å². The number of nitrogens with zero attached hydrogens (tertiary/aromatic N) is 1. The van der Waals surface area contributed by atoms with Crippen molar-refractivity contribution in [1.82, 2.24) is 0 Å². The zero-order valence-corrected chi connectivity index (χ0v) is 16.6. The number of halogens is 2. The number of aliphatic hydroxyl groups is 1. The largest absolute Gasteiger partial charge is 0.507 e. The first-order chi connectivity index (χ1) is 14.0. The lowest BCUT2D eigenvalue weighted by atomic mass is 9.95. The van der Waals surface area contributed by atoms with Gasteiger partial charge in [-0.25, -0.2) is 4.39 Å². The fraction of sp³-hybridized carbons (Fsp3) is 0.0435. The van der Waals surface area contributed by atoms with Crippen molar-refractivity contribution < 1.29 is 19.1 Å². The lowest BCUT2D eigenvalue weighted by Crippen LogP contribution is -2.29. The van der Waals surface area contributed by atoms with E-state index in [2.05, 4.69) is 15.9 Å². The average Bonchev–Trinajstić information content (AvgIpc) is 2.99. The highest BCUT2D eigenvalue weighted by Gasteiger charge is 2.47. The van der Waals surface area contributed by atoms with Crippen LogP contribution in [0.5, 0.6) is 0 Å². The zero-order valence-electron chi connectivity index (χ0n) is 15.0. The van der Waals surface area contributed by atoms with Crippen molar-refractivity contribution in [2.45, 2.75) is 6.04 Å². The molecule has 4 nitrogen and oxygen atoms in total. The summed E-state index contributed by atoms with van der Waals surface area (Å²) in [6.45, 7) is 0. The number of ketones is 1. The van der Waals surface area contributed by atoms with Crippen LogP contribution >= 0.6 is 15.9 Å². The topological polar surface area (TPSA) is 57.6 Å². The van der Waals surface area contributed by atoms with Crippen LogP contribution in [0.3, 0.4) is 0 Å². The van der Waals surface area contributed by atoms with Gasteiger partial charge in [-0.15, -0.1) is 0 Å². The minimum Gasteiger partial charge on any atom is -0.507 e. The van der Waals surface area contributed by atoms with Crippen LogP contribution in [0.15, 0.2) is 88.9 Å². The maximum absolute atomic E-state index is 14.0. The van der Waals surface area contributed by atoms with Gasteiger partial charge in [0.1, 0.15) is 11.6 Å². The molecular weight excluding hydrogens is 437 g/mol. The normalized spacial score (nSPS) is 18.3. The Kier molecular flexibility index (Phi) is 5.03. The molecule has 1 heterocycles. The molecule has 1 unspecified atom stereocenters. The van der Waals surface area contributed by atoms with Gasteiger partial charge in [0, 0.05) is 15.7 Å². The third-order valence-corrected chi connectivity index (χ3v) is 5.24. The van der Waals surface area contributed by atoms with E-state index >= 15 is 0 Å². The highest BCUT2D eigenvalue weighted by molar-refractivity contribution is 9.10. The summed E-state index contributed by atoms with van der Waals surface area (Å²) in [5, 5.41) is 10.9. The Hall–Kier alpha value is -3.25. The monoisotopic (exact) mass is 451 g/mol. The van der Waals surface area contributed by atoms with Gasteiger partial charge < -0.3 is 5.11 Å². The van der Waals surface area contributed by atoms with E-state index in [9.17, 15) is 19.1 Å². The Morgan fingerprint density at radius 2 is 1.66 bits per heavy atom. The molecule has 1 aliphatic rings. The van der Waals surface area contributed by atoms with Crippen molar-refractivity contribution in [1.29, 1.82) is 0 Å². The molecule has 0 bridgehead atoms. The number of benzene rings is 3. The number of Topliss-reactive ketones (excluding diaryl/α,β-unsaturated/α-hetero) is 1. The quantitative estimate of drug-likeness (QED) is 0.337. The van der Waals surface area contributed by atoms with Gasteiger partial charge in [-0.2, -0.15) is 0 Å². The van der Waals surface area contributed by atoms with Crippen LogP contribution in [-0.2, 0) is 9.59 Å². The van der Waals surface area contributed by atoms with Gasteiger partial charge in [-0.3, -0.25) is 14.5 Å². The van der Waals surface area contributed by atoms with Crippen molar-refractivity contribution in [2.24, 2.45) is 0 Å². The average molecular weight is 452 g/mol. The fourth-order valence-electron chi connectivity index (χ4n) is 3.47. The number of hydrogen-bond acceptors (Lipinski definition) is 3. The number of hydrogen-bond donors (Lipinski definition) is 1. The lowest BCUT2D eigenvalue weighted by molar-refractivity contribution is -0.132. The van der Waals surface area contributed by atoms with Gasteiger partial charge in [0.2, 0.25) is 0 Å². The summed E-state index contributed by atoms with van der Waals surface area (Å²) >= 11 is 3.37. The minimum absolute atomic E-state index is 0.0771. The highest BCUT2D eigenvalue weighted by atomic mass is 79.9. The van der Waals surface area contributed by atoms with E-state index < -0.39 is 23.5 Å². The molecule has 0 aliphatic carbocycles. The van der Waals surface area contributed by atoms with E-state index in [0.717, 1.165) is 4.47 Å².